The van der Waals surface area contributed by atoms with Crippen LogP contribution in [0, 0.1) is 0 Å². The van der Waals surface area contributed by atoms with Crippen LogP contribution >= 0.6 is 0 Å². The van der Waals surface area contributed by atoms with Gasteiger partial charge in [0.2, 0.25) is 0 Å². The van der Waals surface area contributed by atoms with Crippen molar-refractivity contribution in [3.8, 4) is 0 Å². The smallest absolute Gasteiger partial charge is 0.338 e. The summed E-state index contributed by atoms with van der Waals surface area (Å²) in [5.41, 5.74) is 3.83. The van der Waals surface area contributed by atoms with Gasteiger partial charge in [-0.2, -0.15) is 0 Å². The van der Waals surface area contributed by atoms with E-state index in [1.54, 1.807) is 0 Å². The molecule has 0 saturated carbocycles. The zero-order valence-electron chi connectivity index (χ0n) is 13.8. The summed E-state index contributed by atoms with van der Waals surface area (Å²) < 4.78 is 5.44. The van der Waals surface area contributed by atoms with Crippen molar-refractivity contribution in [3.63, 3.8) is 0 Å². The molecule has 0 radical (unpaired) electrons. The van der Waals surface area contributed by atoms with Gasteiger partial charge >= 0.3 is 5.97 Å². The van der Waals surface area contributed by atoms with E-state index in [9.17, 15) is 9.90 Å². The fourth-order valence-electron chi connectivity index (χ4n) is 2.53. The van der Waals surface area contributed by atoms with Gasteiger partial charge in [0.15, 0.2) is 0 Å². The van der Waals surface area contributed by atoms with Crippen LogP contribution in [0.25, 0.3) is 0 Å². The highest BCUT2D eigenvalue weighted by Gasteiger charge is 2.15. The minimum Gasteiger partial charge on any atom is -0.461 e. The van der Waals surface area contributed by atoms with Crippen LogP contribution in [-0.2, 0) is 17.6 Å². The second-order valence-electron chi connectivity index (χ2n) is 5.63. The molecule has 0 aromatic heterocycles. The lowest BCUT2D eigenvalue weighted by Gasteiger charge is -2.15. The molecule has 3 heteroatoms. The maximum Gasteiger partial charge on any atom is 0.338 e. The lowest BCUT2D eigenvalue weighted by molar-refractivity contribution is 0.0450. The standard InChI is InChI=1S/C20H24O3/c1-3-15-10-16(4-2)12-18(11-15)20(22)23-14-19(13-21)17-8-6-5-7-9-17/h5-12,19,21H,3-4,13-14H2,1-2H3. The molecule has 0 aliphatic rings. The van der Waals surface area contributed by atoms with E-state index in [4.69, 9.17) is 4.74 Å². The average Bonchev–Trinajstić information content (AvgIpc) is 2.62. The van der Waals surface area contributed by atoms with Crippen LogP contribution in [0.4, 0.5) is 0 Å². The van der Waals surface area contributed by atoms with Gasteiger partial charge in [0.05, 0.1) is 12.2 Å². The Bertz CT molecular complexity index is 612. The fraction of sp³-hybridized carbons (Fsp3) is 0.350. The second-order valence-corrected chi connectivity index (χ2v) is 5.63. The van der Waals surface area contributed by atoms with Gasteiger partial charge in [-0.1, -0.05) is 50.2 Å². The normalized spacial score (nSPS) is 12.0. The monoisotopic (exact) mass is 312 g/mol. The highest BCUT2D eigenvalue weighted by molar-refractivity contribution is 5.89. The highest BCUT2D eigenvalue weighted by atomic mass is 16.5. The van der Waals surface area contributed by atoms with Crippen molar-refractivity contribution in [2.45, 2.75) is 32.6 Å². The van der Waals surface area contributed by atoms with E-state index in [1.165, 1.54) is 0 Å². The van der Waals surface area contributed by atoms with Crippen molar-refractivity contribution in [1.82, 2.24) is 0 Å². The van der Waals surface area contributed by atoms with Gasteiger partial charge in [0.1, 0.15) is 6.61 Å². The predicted molar refractivity (Wildman–Crippen MR) is 91.7 cm³/mol. The van der Waals surface area contributed by atoms with Crippen LogP contribution in [0.15, 0.2) is 48.5 Å². The Morgan fingerprint density at radius 2 is 1.65 bits per heavy atom. The predicted octanol–water partition coefficient (Wildman–Crippen LogP) is 3.74. The van der Waals surface area contributed by atoms with Gasteiger partial charge in [0, 0.05) is 5.92 Å². The van der Waals surface area contributed by atoms with E-state index in [0.29, 0.717) is 5.56 Å². The number of aliphatic hydroxyl groups is 1. The molecule has 0 heterocycles. The molecule has 3 nitrogen and oxygen atoms in total. The molecule has 0 aliphatic carbocycles. The molecule has 0 saturated heterocycles. The first kappa shape index (κ1) is 17.2. The Balaban J connectivity index is 2.07. The molecule has 1 atom stereocenters. The molecule has 0 spiro atoms. The number of ether oxygens (including phenoxy) is 1. The van der Waals surface area contributed by atoms with E-state index < -0.39 is 0 Å². The summed E-state index contributed by atoms with van der Waals surface area (Å²) in [6.07, 6.45) is 1.77. The summed E-state index contributed by atoms with van der Waals surface area (Å²) in [6, 6.07) is 15.5. The second kappa shape index (κ2) is 8.49. The van der Waals surface area contributed by atoms with Gasteiger partial charge in [-0.3, -0.25) is 0 Å². The van der Waals surface area contributed by atoms with Crippen molar-refractivity contribution in [3.05, 3.63) is 70.8 Å². The molecular formula is C20H24O3. The molecule has 0 bridgehead atoms. The van der Waals surface area contributed by atoms with Crippen molar-refractivity contribution < 1.29 is 14.6 Å². The number of esters is 1. The number of aryl methyl sites for hydroxylation is 2. The topological polar surface area (TPSA) is 46.5 Å². The summed E-state index contributed by atoms with van der Waals surface area (Å²) in [5, 5.41) is 9.54. The van der Waals surface area contributed by atoms with Gasteiger partial charge in [-0.25, -0.2) is 4.79 Å². The van der Waals surface area contributed by atoms with E-state index >= 15 is 0 Å². The Morgan fingerprint density at radius 1 is 1.04 bits per heavy atom. The minimum atomic E-state index is -0.329. The summed E-state index contributed by atoms with van der Waals surface area (Å²) in [6.45, 7) is 4.27. The van der Waals surface area contributed by atoms with Crippen LogP contribution in [0.3, 0.4) is 0 Å². The molecule has 2 rings (SSSR count). The fourth-order valence-corrected chi connectivity index (χ4v) is 2.53. The summed E-state index contributed by atoms with van der Waals surface area (Å²) in [4.78, 5) is 12.3. The molecule has 2 aromatic rings. The Hall–Kier alpha value is -2.13. The van der Waals surface area contributed by atoms with Gasteiger partial charge in [-0.05, 0) is 41.7 Å². The Morgan fingerprint density at radius 3 is 2.17 bits per heavy atom. The molecule has 23 heavy (non-hydrogen) atoms. The van der Waals surface area contributed by atoms with Crippen LogP contribution in [0.2, 0.25) is 0 Å². The third-order valence-electron chi connectivity index (χ3n) is 4.01. The van der Waals surface area contributed by atoms with E-state index in [1.807, 2.05) is 42.5 Å². The van der Waals surface area contributed by atoms with E-state index in [0.717, 1.165) is 29.5 Å². The van der Waals surface area contributed by atoms with Crippen LogP contribution in [0.5, 0.6) is 0 Å². The van der Waals surface area contributed by atoms with Gasteiger partial charge < -0.3 is 9.84 Å². The van der Waals surface area contributed by atoms with Crippen molar-refractivity contribution in [1.29, 1.82) is 0 Å². The average molecular weight is 312 g/mol. The van der Waals surface area contributed by atoms with Crippen LogP contribution in [-0.4, -0.2) is 24.3 Å². The SMILES string of the molecule is CCc1cc(CC)cc(C(=O)OCC(CO)c2ccccc2)c1. The van der Waals surface area contributed by atoms with E-state index in [2.05, 4.69) is 19.9 Å². The van der Waals surface area contributed by atoms with Gasteiger partial charge in [0.25, 0.3) is 0 Å². The number of aliphatic hydroxyl groups excluding tert-OH is 1. The van der Waals surface area contributed by atoms with Crippen LogP contribution < -0.4 is 0 Å². The Kier molecular flexibility index (Phi) is 6.36. The molecule has 0 amide bonds. The molecule has 1 unspecified atom stereocenters. The third-order valence-corrected chi connectivity index (χ3v) is 4.01. The quantitative estimate of drug-likeness (QED) is 0.792. The first-order valence-corrected chi connectivity index (χ1v) is 8.13. The van der Waals surface area contributed by atoms with Crippen molar-refractivity contribution in [2.24, 2.45) is 0 Å². The number of benzene rings is 2. The molecule has 2 aromatic carbocycles. The first-order valence-electron chi connectivity index (χ1n) is 8.13. The third kappa shape index (κ3) is 4.67. The minimum absolute atomic E-state index is 0.0491. The van der Waals surface area contributed by atoms with E-state index in [-0.39, 0.29) is 25.1 Å². The van der Waals surface area contributed by atoms with Gasteiger partial charge in [-0.15, -0.1) is 0 Å². The summed E-state index contributed by atoms with van der Waals surface area (Å²) in [7, 11) is 0. The Labute approximate surface area is 137 Å². The van der Waals surface area contributed by atoms with Crippen molar-refractivity contribution >= 4 is 5.97 Å². The molecule has 122 valence electrons. The van der Waals surface area contributed by atoms with Crippen LogP contribution in [0.1, 0.15) is 46.8 Å². The lowest BCUT2D eigenvalue weighted by atomic mass is 10.0. The zero-order chi connectivity index (χ0) is 16.7. The number of rotatable bonds is 7. The maximum atomic E-state index is 12.3. The highest BCUT2D eigenvalue weighted by Crippen LogP contribution is 2.17. The first-order chi connectivity index (χ1) is 11.2. The zero-order valence-corrected chi connectivity index (χ0v) is 13.8. The lowest BCUT2D eigenvalue weighted by Crippen LogP contribution is -2.16. The number of hydrogen-bond acceptors (Lipinski definition) is 3. The largest absolute Gasteiger partial charge is 0.461 e. The molecular weight excluding hydrogens is 288 g/mol. The molecule has 0 fully saturated rings. The summed E-state index contributed by atoms with van der Waals surface area (Å²) >= 11 is 0. The summed E-state index contributed by atoms with van der Waals surface area (Å²) in [5.74, 6) is -0.524. The maximum absolute atomic E-state index is 12.3. The number of hydrogen-bond donors (Lipinski definition) is 1. The number of carbonyl (C=O) groups is 1. The molecule has 1 N–H and O–H groups in total. The van der Waals surface area contributed by atoms with Crippen molar-refractivity contribution in [2.75, 3.05) is 13.2 Å². The number of carbonyl (C=O) groups excluding carboxylic acids is 1. The molecule has 0 aliphatic heterocycles.